The summed E-state index contributed by atoms with van der Waals surface area (Å²) in [5, 5.41) is 5.16. The van der Waals surface area contributed by atoms with E-state index in [1.165, 1.54) is 11.3 Å². The summed E-state index contributed by atoms with van der Waals surface area (Å²) in [6, 6.07) is 2.12. The van der Waals surface area contributed by atoms with Gasteiger partial charge in [0.2, 0.25) is 0 Å². The summed E-state index contributed by atoms with van der Waals surface area (Å²) >= 11 is 1.72. The Morgan fingerprint density at radius 2 is 2.43 bits per heavy atom. The smallest absolute Gasteiger partial charge is 0.181 e. The Kier molecular flexibility index (Phi) is 2.65. The molecule has 0 aliphatic heterocycles. The van der Waals surface area contributed by atoms with Crippen LogP contribution in [-0.2, 0) is 6.54 Å². The minimum absolute atomic E-state index is 0.737. The highest BCUT2D eigenvalue weighted by Gasteiger charge is 2.10. The number of thiophene rings is 1. The quantitative estimate of drug-likeness (QED) is 0.841. The first-order valence-corrected chi connectivity index (χ1v) is 5.31. The molecule has 0 spiro atoms. The lowest BCUT2D eigenvalue weighted by molar-refractivity contribution is 0.570. The molecule has 0 aromatic carbocycles. The molecule has 0 fully saturated rings. The van der Waals surface area contributed by atoms with Gasteiger partial charge in [-0.15, -0.1) is 11.3 Å². The van der Waals surface area contributed by atoms with Crippen LogP contribution in [0.25, 0.3) is 11.3 Å². The van der Waals surface area contributed by atoms with Gasteiger partial charge in [-0.2, -0.15) is 0 Å². The van der Waals surface area contributed by atoms with Crippen molar-refractivity contribution in [3.8, 4) is 11.3 Å². The predicted molar refractivity (Wildman–Crippen MR) is 57.3 cm³/mol. The largest absolute Gasteiger partial charge is 0.443 e. The average Bonchev–Trinajstić information content (AvgIpc) is 2.74. The monoisotopic (exact) mass is 208 g/mol. The van der Waals surface area contributed by atoms with Crippen molar-refractivity contribution in [2.24, 2.45) is 0 Å². The van der Waals surface area contributed by atoms with Gasteiger partial charge in [0.15, 0.2) is 12.2 Å². The molecule has 0 aliphatic rings. The molecule has 0 unspecified atom stereocenters. The van der Waals surface area contributed by atoms with Gasteiger partial charge in [0, 0.05) is 22.4 Å². The molecule has 0 aliphatic carbocycles. The Hall–Kier alpha value is -1.13. The summed E-state index contributed by atoms with van der Waals surface area (Å²) in [7, 11) is 1.90. The maximum absolute atomic E-state index is 5.37. The topological polar surface area (TPSA) is 38.1 Å². The van der Waals surface area contributed by atoms with Crippen molar-refractivity contribution >= 4 is 11.3 Å². The molecule has 2 aromatic heterocycles. The number of aryl methyl sites for hydroxylation is 1. The van der Waals surface area contributed by atoms with E-state index in [-0.39, 0.29) is 0 Å². The van der Waals surface area contributed by atoms with Crippen molar-refractivity contribution < 1.29 is 4.42 Å². The summed E-state index contributed by atoms with van der Waals surface area (Å²) in [5.74, 6) is 0.878. The Bertz CT molecular complexity index is 419. The predicted octanol–water partition coefficient (Wildman–Crippen LogP) is 2.43. The molecule has 0 saturated carbocycles. The molecule has 0 atom stereocenters. The third-order valence-corrected chi connectivity index (χ3v) is 2.84. The van der Waals surface area contributed by atoms with Crippen molar-refractivity contribution in [3.63, 3.8) is 0 Å². The summed E-state index contributed by atoms with van der Waals surface area (Å²) in [5.41, 5.74) is 2.08. The van der Waals surface area contributed by atoms with Gasteiger partial charge in [0.05, 0.1) is 0 Å². The molecule has 74 valence electrons. The number of oxazole rings is 1. The van der Waals surface area contributed by atoms with Gasteiger partial charge in [-0.1, -0.05) is 0 Å². The Morgan fingerprint density at radius 1 is 1.57 bits per heavy atom. The molecule has 2 heterocycles. The van der Waals surface area contributed by atoms with Crippen LogP contribution in [0.3, 0.4) is 0 Å². The number of hydrogen-bond donors (Lipinski definition) is 1. The summed E-state index contributed by atoms with van der Waals surface area (Å²) in [6.45, 7) is 2.82. The maximum Gasteiger partial charge on any atom is 0.181 e. The normalized spacial score (nSPS) is 10.7. The van der Waals surface area contributed by atoms with E-state index < -0.39 is 0 Å². The SMILES string of the molecule is CNCc1ncoc1-c1csc(C)c1. The fourth-order valence-electron chi connectivity index (χ4n) is 1.36. The zero-order chi connectivity index (χ0) is 9.97. The lowest BCUT2D eigenvalue weighted by Gasteiger charge is -1.96. The van der Waals surface area contributed by atoms with Crippen LogP contribution in [0, 0.1) is 6.92 Å². The number of nitrogens with one attached hydrogen (secondary N) is 1. The molecule has 0 amide bonds. The third kappa shape index (κ3) is 1.71. The molecular weight excluding hydrogens is 196 g/mol. The van der Waals surface area contributed by atoms with Gasteiger partial charge in [-0.05, 0) is 20.0 Å². The number of hydrogen-bond acceptors (Lipinski definition) is 4. The summed E-state index contributed by atoms with van der Waals surface area (Å²) in [4.78, 5) is 5.45. The van der Waals surface area contributed by atoms with E-state index in [2.05, 4.69) is 28.7 Å². The molecular formula is C10H12N2OS. The van der Waals surface area contributed by atoms with E-state index >= 15 is 0 Å². The third-order valence-electron chi connectivity index (χ3n) is 1.98. The van der Waals surface area contributed by atoms with E-state index in [0.717, 1.165) is 23.6 Å². The lowest BCUT2D eigenvalue weighted by atomic mass is 10.2. The molecule has 1 N–H and O–H groups in total. The average molecular weight is 208 g/mol. The van der Waals surface area contributed by atoms with Crippen molar-refractivity contribution in [2.45, 2.75) is 13.5 Å². The molecule has 0 radical (unpaired) electrons. The molecule has 0 bridgehead atoms. The number of aromatic nitrogens is 1. The van der Waals surface area contributed by atoms with Crippen LogP contribution in [0.1, 0.15) is 10.6 Å². The highest BCUT2D eigenvalue weighted by atomic mass is 32.1. The van der Waals surface area contributed by atoms with Crippen LogP contribution >= 0.6 is 11.3 Å². The minimum atomic E-state index is 0.737. The molecule has 0 saturated heterocycles. The standard InChI is InChI=1S/C10H12N2OS/c1-7-3-8(5-14-7)10-9(4-11-2)12-6-13-10/h3,5-6,11H,4H2,1-2H3. The van der Waals surface area contributed by atoms with Gasteiger partial charge in [0.25, 0.3) is 0 Å². The second-order valence-corrected chi connectivity index (χ2v) is 4.22. The van der Waals surface area contributed by atoms with Crippen LogP contribution in [0.15, 0.2) is 22.3 Å². The van der Waals surface area contributed by atoms with Crippen LogP contribution in [0.4, 0.5) is 0 Å². The molecule has 2 rings (SSSR count). The van der Waals surface area contributed by atoms with Crippen LogP contribution < -0.4 is 5.32 Å². The van der Waals surface area contributed by atoms with E-state index in [9.17, 15) is 0 Å². The molecule has 4 heteroatoms. The summed E-state index contributed by atoms with van der Waals surface area (Å²) < 4.78 is 5.37. The van der Waals surface area contributed by atoms with Gasteiger partial charge in [-0.25, -0.2) is 4.98 Å². The fraction of sp³-hybridized carbons (Fsp3) is 0.300. The Morgan fingerprint density at radius 3 is 3.07 bits per heavy atom. The second-order valence-electron chi connectivity index (χ2n) is 3.10. The first-order valence-electron chi connectivity index (χ1n) is 4.43. The molecule has 2 aromatic rings. The van der Waals surface area contributed by atoms with Gasteiger partial charge >= 0.3 is 0 Å². The van der Waals surface area contributed by atoms with E-state index in [4.69, 9.17) is 4.42 Å². The van der Waals surface area contributed by atoms with E-state index in [0.29, 0.717) is 0 Å². The lowest BCUT2D eigenvalue weighted by Crippen LogP contribution is -2.06. The van der Waals surface area contributed by atoms with E-state index in [1.54, 1.807) is 11.3 Å². The molecule has 3 nitrogen and oxygen atoms in total. The van der Waals surface area contributed by atoms with Crippen molar-refractivity contribution in [2.75, 3.05) is 7.05 Å². The van der Waals surface area contributed by atoms with Crippen molar-refractivity contribution in [1.29, 1.82) is 0 Å². The first kappa shape index (κ1) is 9.43. The number of nitrogens with zero attached hydrogens (tertiary/aromatic N) is 1. The van der Waals surface area contributed by atoms with Crippen LogP contribution in [0.5, 0.6) is 0 Å². The van der Waals surface area contributed by atoms with Gasteiger partial charge in [0.1, 0.15) is 5.69 Å². The van der Waals surface area contributed by atoms with Gasteiger partial charge in [-0.3, -0.25) is 0 Å². The molecule has 14 heavy (non-hydrogen) atoms. The number of rotatable bonds is 3. The fourth-order valence-corrected chi connectivity index (χ4v) is 2.04. The zero-order valence-electron chi connectivity index (χ0n) is 8.20. The summed E-state index contributed by atoms with van der Waals surface area (Å²) in [6.07, 6.45) is 1.50. The zero-order valence-corrected chi connectivity index (χ0v) is 9.02. The Labute approximate surface area is 86.8 Å². The highest BCUT2D eigenvalue weighted by molar-refractivity contribution is 7.10. The van der Waals surface area contributed by atoms with Crippen LogP contribution in [-0.4, -0.2) is 12.0 Å². The van der Waals surface area contributed by atoms with Gasteiger partial charge < -0.3 is 9.73 Å². The minimum Gasteiger partial charge on any atom is -0.443 e. The van der Waals surface area contributed by atoms with Crippen molar-refractivity contribution in [1.82, 2.24) is 10.3 Å². The van der Waals surface area contributed by atoms with Crippen LogP contribution in [0.2, 0.25) is 0 Å². The van der Waals surface area contributed by atoms with Crippen molar-refractivity contribution in [3.05, 3.63) is 28.4 Å². The highest BCUT2D eigenvalue weighted by Crippen LogP contribution is 2.27. The maximum atomic E-state index is 5.37. The first-order chi connectivity index (χ1) is 6.81. The van der Waals surface area contributed by atoms with E-state index in [1.807, 2.05) is 7.05 Å². The second kappa shape index (κ2) is 3.94. The Balaban J connectivity index is 2.36.